The predicted molar refractivity (Wildman–Crippen MR) is 400 cm³/mol. The first-order valence-electron chi connectivity index (χ1n) is 37.5. The highest BCUT2D eigenvalue weighted by Crippen LogP contribution is 2.49. The quantitative estimate of drug-likeness (QED) is 0.0175. The van der Waals surface area contributed by atoms with Gasteiger partial charge in [0.2, 0.25) is 11.9 Å². The van der Waals surface area contributed by atoms with Crippen molar-refractivity contribution in [3.63, 3.8) is 0 Å². The van der Waals surface area contributed by atoms with Gasteiger partial charge in [0, 0.05) is 26.3 Å². The van der Waals surface area contributed by atoms with Crippen LogP contribution < -0.4 is 22.6 Å². The average molecular weight is 1410 g/mol. The molecule has 0 saturated carbocycles. The second kappa shape index (κ2) is 57.5. The van der Waals surface area contributed by atoms with Crippen LogP contribution in [0.5, 0.6) is 0 Å². The lowest BCUT2D eigenvalue weighted by Crippen LogP contribution is -2.14. The molecule has 0 amide bonds. The number of aryl methyl sites for hydroxylation is 1. The van der Waals surface area contributed by atoms with E-state index in [4.69, 9.17) is 44.0 Å². The Hall–Kier alpha value is -5.12. The van der Waals surface area contributed by atoms with E-state index in [-0.39, 0.29) is 75.5 Å². The number of nitrogens with zero attached hydrogens (tertiary/aromatic N) is 6. The van der Waals surface area contributed by atoms with Crippen LogP contribution in [0.4, 0.5) is 11.9 Å². The highest BCUT2D eigenvalue weighted by atomic mass is 31.2. The number of hydrogen-bond donors (Lipinski definition) is 5. The Bertz CT molecular complexity index is 3080. The average Bonchev–Trinajstić information content (AvgIpc) is 1.66. The van der Waals surface area contributed by atoms with Crippen molar-refractivity contribution < 1.29 is 46.5 Å². The van der Waals surface area contributed by atoms with E-state index < -0.39 is 32.7 Å². The van der Waals surface area contributed by atoms with Crippen molar-refractivity contribution in [3.8, 4) is 0 Å². The molecule has 22 nitrogen and oxygen atoms in total. The number of aromatic amines is 2. The van der Waals surface area contributed by atoms with Crippen molar-refractivity contribution in [1.29, 1.82) is 0 Å². The number of ether oxygens (including phenoxy) is 4. The number of aromatic nitrogens is 8. The molecule has 556 valence electrons. The van der Waals surface area contributed by atoms with Crippen molar-refractivity contribution >= 4 is 49.4 Å². The lowest BCUT2D eigenvalue weighted by atomic mass is 10.0. The molecule has 4 heterocycles. The van der Waals surface area contributed by atoms with Gasteiger partial charge in [-0.1, -0.05) is 294 Å². The predicted octanol–water partition coefficient (Wildman–Crippen LogP) is 18.2. The largest absolute Gasteiger partial charge is 0.379 e. The number of nitrogens with one attached hydrogen (secondary N) is 2. The van der Waals surface area contributed by atoms with E-state index in [9.17, 15) is 23.6 Å². The summed E-state index contributed by atoms with van der Waals surface area (Å²) in [5.74, 6) is -0.000119. The minimum atomic E-state index is -3.87. The Kier molecular flexibility index (Phi) is 51.1. The first-order valence-corrected chi connectivity index (χ1v) is 41.0. The number of imidazole rings is 2. The molecule has 4 aromatic heterocycles. The third-order valence-electron chi connectivity index (χ3n) is 16.4. The lowest BCUT2D eigenvalue weighted by Gasteiger charge is -2.19. The fourth-order valence-corrected chi connectivity index (χ4v) is 13.0. The zero-order valence-electron chi connectivity index (χ0n) is 60.8. The Morgan fingerprint density at radius 3 is 1.16 bits per heavy atom. The first-order chi connectivity index (χ1) is 47.9. The standard InChI is InChI=1S/C35H58N5O6P.C28H52N5O6P.C9H12.C2H6/c1-2-3-4-5-6-7-8-9-10-11-12-13-14-15-16-20-24-43-26-27-45-47(42,46-28-31-21-18-17-19-22-31)30-44-25-23-40-29-37-32-33(40)38-35(36)39-34(32)41;1-2-3-4-5-6-7-8-9-10-11-12-13-14-15-16-17-19-37-21-22-39-40(35,36)24-38-20-18-33-23-30-25-26(33)31-28(29)32-27(25)34;1-2-6-9-7-4-3-5-8-9;1-2/h17-19,21-22,29H,2-16,20,23-28,30H2,1H3,(H3,36,38,39,41);23H,2-22,24H2,1H3,(H,35,36)(H3,29,31,32,34);3-5,7-8H,2,6H2,1H3;1-2H3. The van der Waals surface area contributed by atoms with Crippen LogP contribution in [0, 0.1) is 0 Å². The summed E-state index contributed by atoms with van der Waals surface area (Å²) in [4.78, 5) is 54.9. The van der Waals surface area contributed by atoms with Gasteiger partial charge in [-0.25, -0.2) is 9.97 Å². The Morgan fingerprint density at radius 2 is 0.776 bits per heavy atom. The van der Waals surface area contributed by atoms with Gasteiger partial charge in [0.25, 0.3) is 11.1 Å². The zero-order valence-corrected chi connectivity index (χ0v) is 62.6. The summed E-state index contributed by atoms with van der Waals surface area (Å²) in [7, 11) is -7.44. The minimum absolute atomic E-state index is 0.00872. The molecule has 0 saturated heterocycles. The smallest absolute Gasteiger partial charge is 0.356 e. The van der Waals surface area contributed by atoms with Crippen molar-refractivity contribution in [2.75, 3.05) is 77.0 Å². The fraction of sp³-hybridized carbons (Fsp3) is 0.703. The lowest BCUT2D eigenvalue weighted by molar-refractivity contribution is 0.0756. The van der Waals surface area contributed by atoms with E-state index in [1.807, 2.05) is 44.2 Å². The maximum Gasteiger partial charge on any atom is 0.356 e. The van der Waals surface area contributed by atoms with Crippen LogP contribution in [0.3, 0.4) is 0 Å². The summed E-state index contributed by atoms with van der Waals surface area (Å²) in [6.07, 6.45) is 47.4. The van der Waals surface area contributed by atoms with Gasteiger partial charge in [-0.05, 0) is 30.4 Å². The summed E-state index contributed by atoms with van der Waals surface area (Å²) in [6.45, 7) is 13.9. The summed E-state index contributed by atoms with van der Waals surface area (Å²) in [5.41, 5.74) is 13.8. The van der Waals surface area contributed by atoms with Gasteiger partial charge >= 0.3 is 15.2 Å². The van der Waals surface area contributed by atoms with Gasteiger partial charge in [-0.15, -0.1) is 0 Å². The fourth-order valence-electron chi connectivity index (χ4n) is 11.0. The molecule has 6 rings (SSSR count). The molecule has 0 bridgehead atoms. The minimum Gasteiger partial charge on any atom is -0.379 e. The number of hydrogen-bond acceptors (Lipinski definition) is 17. The molecule has 0 aliphatic rings. The molecule has 0 aliphatic carbocycles. The summed E-state index contributed by atoms with van der Waals surface area (Å²) >= 11 is 0. The van der Waals surface area contributed by atoms with Crippen LogP contribution in [0.1, 0.15) is 258 Å². The van der Waals surface area contributed by atoms with Gasteiger partial charge in [0.1, 0.15) is 12.7 Å². The Balaban J connectivity index is 0.000000445. The summed E-state index contributed by atoms with van der Waals surface area (Å²) < 4.78 is 67.7. The third kappa shape index (κ3) is 42.2. The van der Waals surface area contributed by atoms with Gasteiger partial charge in [0.15, 0.2) is 22.3 Å². The topological polar surface area (TPSA) is 298 Å². The highest BCUT2D eigenvalue weighted by Gasteiger charge is 2.26. The van der Waals surface area contributed by atoms with Gasteiger partial charge in [-0.3, -0.25) is 28.7 Å². The second-order valence-corrected chi connectivity index (χ2v) is 28.7. The molecular formula is C74H128N10O12P2. The van der Waals surface area contributed by atoms with Crippen molar-refractivity contribution in [2.24, 2.45) is 0 Å². The molecule has 0 radical (unpaired) electrons. The van der Waals surface area contributed by atoms with E-state index in [0.717, 1.165) is 31.2 Å². The number of benzene rings is 2. The van der Waals surface area contributed by atoms with E-state index >= 15 is 0 Å². The summed E-state index contributed by atoms with van der Waals surface area (Å²) in [5, 5.41) is 0. The van der Waals surface area contributed by atoms with Crippen molar-refractivity contribution in [1.82, 2.24) is 39.0 Å². The molecule has 98 heavy (non-hydrogen) atoms. The van der Waals surface area contributed by atoms with Crippen molar-refractivity contribution in [3.05, 3.63) is 105 Å². The van der Waals surface area contributed by atoms with E-state index in [0.29, 0.717) is 37.7 Å². The van der Waals surface area contributed by atoms with E-state index in [2.05, 4.69) is 81.0 Å². The zero-order chi connectivity index (χ0) is 70.8. The molecule has 2 unspecified atom stereocenters. The Morgan fingerprint density at radius 1 is 0.418 bits per heavy atom. The molecule has 7 N–H and O–H groups in total. The van der Waals surface area contributed by atoms with Gasteiger partial charge < -0.3 is 58.0 Å². The number of nitrogen functional groups attached to an aromatic ring is 2. The molecule has 24 heteroatoms. The SMILES string of the molecule is CC.CCCCCCCCCCCCCCCCCCOCCOP(=O)(COCCn1cnc2c(=O)[nH]c(N)nc21)OCc1ccccc1.CCCCCCCCCCCCCCCCCCOCCOP(=O)(O)COCCn1cnc2c(=O)[nH]c(N)nc21.CCCc1ccccc1. The number of rotatable bonds is 57. The van der Waals surface area contributed by atoms with Crippen LogP contribution in [-0.2, 0) is 67.8 Å². The van der Waals surface area contributed by atoms with Crippen LogP contribution in [0.25, 0.3) is 22.3 Å². The highest BCUT2D eigenvalue weighted by molar-refractivity contribution is 7.53. The Labute approximate surface area is 587 Å². The monoisotopic (exact) mass is 1410 g/mol. The molecule has 6 aromatic rings. The molecular weight excluding hydrogens is 1280 g/mol. The van der Waals surface area contributed by atoms with Crippen molar-refractivity contribution in [2.45, 2.75) is 273 Å². The van der Waals surface area contributed by atoms with Crippen LogP contribution >= 0.6 is 15.2 Å². The van der Waals surface area contributed by atoms with E-state index in [1.165, 1.54) is 211 Å². The molecule has 2 aromatic carbocycles. The van der Waals surface area contributed by atoms with Crippen LogP contribution in [0.2, 0.25) is 0 Å². The molecule has 0 spiro atoms. The van der Waals surface area contributed by atoms with Gasteiger partial charge in [0.05, 0.1) is 58.9 Å². The number of nitrogens with two attached hydrogens (primary N) is 2. The first kappa shape index (κ1) is 87.1. The molecule has 0 aliphatic heterocycles. The summed E-state index contributed by atoms with van der Waals surface area (Å²) in [6, 6.07) is 20.1. The number of anilines is 2. The molecule has 2 atom stereocenters. The van der Waals surface area contributed by atoms with E-state index in [1.54, 1.807) is 9.13 Å². The van der Waals surface area contributed by atoms with Crippen LogP contribution in [-0.4, -0.2) is 109 Å². The number of unbranched alkanes of at least 4 members (excludes halogenated alkanes) is 30. The van der Waals surface area contributed by atoms with Crippen LogP contribution in [0.15, 0.2) is 82.9 Å². The number of fused-ring (bicyclic) bond motifs is 2. The molecule has 0 fully saturated rings. The number of H-pyrrole nitrogens is 2. The maximum absolute atomic E-state index is 13.5. The third-order valence-corrected chi connectivity index (χ3v) is 19.1. The normalized spacial score (nSPS) is 12.6. The second-order valence-electron chi connectivity index (χ2n) is 24.9. The van der Waals surface area contributed by atoms with Gasteiger partial charge in [-0.2, -0.15) is 9.97 Å². The maximum atomic E-state index is 13.5.